The third-order valence-corrected chi connectivity index (χ3v) is 4.50. The smallest absolute Gasteiger partial charge is 0.228 e. The number of aryl methyl sites for hydroxylation is 1. The van der Waals surface area contributed by atoms with Crippen molar-refractivity contribution in [2.75, 3.05) is 17.2 Å². The van der Waals surface area contributed by atoms with E-state index in [-0.39, 0.29) is 22.5 Å². The predicted molar refractivity (Wildman–Crippen MR) is 85.6 cm³/mol. The van der Waals surface area contributed by atoms with Gasteiger partial charge in [-0.05, 0) is 33.6 Å². The lowest BCUT2D eigenvalue weighted by atomic mass is 10.1. The number of carbonyl (C=O) groups excluding carboxylic acids is 2. The molecule has 6 heteroatoms. The molecule has 116 valence electrons. The van der Waals surface area contributed by atoms with Crippen LogP contribution in [0.5, 0.6) is 0 Å². The van der Waals surface area contributed by atoms with Gasteiger partial charge in [-0.1, -0.05) is 11.8 Å². The molecule has 1 saturated heterocycles. The van der Waals surface area contributed by atoms with Gasteiger partial charge in [-0.2, -0.15) is 5.10 Å². The number of rotatable bonds is 3. The Morgan fingerprint density at radius 3 is 2.71 bits per heavy atom. The molecule has 0 spiro atoms. The van der Waals surface area contributed by atoms with Crippen LogP contribution in [0, 0.1) is 12.8 Å². The number of anilines is 1. The van der Waals surface area contributed by atoms with E-state index in [0.29, 0.717) is 18.7 Å². The lowest BCUT2D eigenvalue weighted by Gasteiger charge is -2.26. The summed E-state index contributed by atoms with van der Waals surface area (Å²) in [4.78, 5) is 25.2. The summed E-state index contributed by atoms with van der Waals surface area (Å²) in [6.07, 6.45) is 0.509. The van der Waals surface area contributed by atoms with E-state index in [2.05, 4.69) is 25.9 Å². The van der Waals surface area contributed by atoms with E-state index in [4.69, 9.17) is 0 Å². The number of thioether (sulfide) groups is 1. The van der Waals surface area contributed by atoms with Gasteiger partial charge in [-0.3, -0.25) is 14.5 Å². The second-order valence-corrected chi connectivity index (χ2v) is 7.80. The topological polar surface area (TPSA) is 55.2 Å². The van der Waals surface area contributed by atoms with E-state index in [9.17, 15) is 9.59 Å². The monoisotopic (exact) mass is 309 g/mol. The molecule has 1 aliphatic rings. The Balaban J connectivity index is 2.19. The molecule has 1 fully saturated rings. The second-order valence-electron chi connectivity index (χ2n) is 6.60. The molecule has 1 unspecified atom stereocenters. The molecule has 0 saturated carbocycles. The number of nitrogens with zero attached hydrogens (tertiary/aromatic N) is 3. The number of aromatic nitrogens is 2. The fourth-order valence-electron chi connectivity index (χ4n) is 2.52. The van der Waals surface area contributed by atoms with E-state index in [1.807, 2.05) is 22.6 Å². The minimum Gasteiger partial charge on any atom is -0.297 e. The maximum Gasteiger partial charge on any atom is 0.228 e. The van der Waals surface area contributed by atoms with Gasteiger partial charge in [0.05, 0.1) is 11.2 Å². The molecule has 5 nitrogen and oxygen atoms in total. The van der Waals surface area contributed by atoms with Gasteiger partial charge >= 0.3 is 0 Å². The van der Waals surface area contributed by atoms with E-state index < -0.39 is 0 Å². The van der Waals surface area contributed by atoms with Crippen molar-refractivity contribution in [2.24, 2.45) is 5.92 Å². The quantitative estimate of drug-likeness (QED) is 0.861. The van der Waals surface area contributed by atoms with Crippen LogP contribution in [0.3, 0.4) is 0 Å². The van der Waals surface area contributed by atoms with Crippen LogP contribution in [0.2, 0.25) is 0 Å². The van der Waals surface area contributed by atoms with Gasteiger partial charge in [0.25, 0.3) is 0 Å². The molecule has 1 aromatic heterocycles. The number of carbonyl (C=O) groups is 2. The van der Waals surface area contributed by atoms with Crippen molar-refractivity contribution < 1.29 is 9.59 Å². The lowest BCUT2D eigenvalue weighted by molar-refractivity contribution is -0.117. The Morgan fingerprint density at radius 2 is 2.14 bits per heavy atom. The zero-order chi connectivity index (χ0) is 15.8. The largest absolute Gasteiger partial charge is 0.297 e. The summed E-state index contributed by atoms with van der Waals surface area (Å²) in [6.45, 7) is 10.4. The molecule has 2 heterocycles. The Morgan fingerprint density at radius 1 is 1.48 bits per heavy atom. The summed E-state index contributed by atoms with van der Waals surface area (Å²) in [5.41, 5.74) is 0.741. The number of amides is 1. The van der Waals surface area contributed by atoms with Gasteiger partial charge in [-0.25, -0.2) is 4.68 Å². The standard InChI is InChI=1S/C15H23N3O2S/c1-10-6-13(18(16-10)15(3,4)5)17-8-12(7-14(17)20)9-21-11(2)19/h6,12H,7-9H2,1-5H3. The minimum absolute atomic E-state index is 0.108. The van der Waals surface area contributed by atoms with Gasteiger partial charge in [-0.15, -0.1) is 0 Å². The SMILES string of the molecule is CC(=O)SCC1CC(=O)N(c2cc(C)nn2C(C)(C)C)C1. The van der Waals surface area contributed by atoms with Crippen LogP contribution in [0.1, 0.15) is 39.8 Å². The maximum absolute atomic E-state index is 12.3. The molecular formula is C15H23N3O2S. The van der Waals surface area contributed by atoms with Crippen LogP contribution in [0.15, 0.2) is 6.07 Å². The third-order valence-electron chi connectivity index (χ3n) is 3.45. The first-order valence-corrected chi connectivity index (χ1v) is 8.18. The number of hydrogen-bond acceptors (Lipinski definition) is 4. The Kier molecular flexibility index (Phi) is 4.46. The van der Waals surface area contributed by atoms with Gasteiger partial charge in [0.15, 0.2) is 5.12 Å². The molecular weight excluding hydrogens is 286 g/mol. The van der Waals surface area contributed by atoms with Crippen LogP contribution in [-0.4, -0.2) is 33.1 Å². The first-order chi connectivity index (χ1) is 9.68. The molecule has 0 bridgehead atoms. The highest BCUT2D eigenvalue weighted by Crippen LogP contribution is 2.31. The van der Waals surface area contributed by atoms with Crippen molar-refractivity contribution in [3.8, 4) is 0 Å². The molecule has 1 atom stereocenters. The lowest BCUT2D eigenvalue weighted by Crippen LogP contribution is -2.32. The fraction of sp³-hybridized carbons (Fsp3) is 0.667. The van der Waals surface area contributed by atoms with E-state index in [1.54, 1.807) is 6.92 Å². The summed E-state index contributed by atoms with van der Waals surface area (Å²) < 4.78 is 1.92. The van der Waals surface area contributed by atoms with Crippen LogP contribution in [-0.2, 0) is 15.1 Å². The van der Waals surface area contributed by atoms with Crippen molar-refractivity contribution >= 4 is 28.6 Å². The zero-order valence-electron chi connectivity index (χ0n) is 13.3. The van der Waals surface area contributed by atoms with Gasteiger partial charge in [0, 0.05) is 31.7 Å². The zero-order valence-corrected chi connectivity index (χ0v) is 14.2. The Hall–Kier alpha value is -1.30. The Bertz CT molecular complexity index is 560. The van der Waals surface area contributed by atoms with Gasteiger partial charge < -0.3 is 0 Å². The molecule has 1 amide bonds. The van der Waals surface area contributed by atoms with Crippen LogP contribution < -0.4 is 4.90 Å². The van der Waals surface area contributed by atoms with Crippen molar-refractivity contribution in [1.82, 2.24) is 9.78 Å². The summed E-state index contributed by atoms with van der Waals surface area (Å²) in [6, 6.07) is 1.96. The average molecular weight is 309 g/mol. The maximum atomic E-state index is 12.3. The first-order valence-electron chi connectivity index (χ1n) is 7.19. The molecule has 1 aromatic rings. The normalized spacial score (nSPS) is 19.4. The van der Waals surface area contributed by atoms with E-state index >= 15 is 0 Å². The predicted octanol–water partition coefficient (Wildman–Crippen LogP) is 2.58. The highest BCUT2D eigenvalue weighted by Gasteiger charge is 2.34. The fourth-order valence-corrected chi connectivity index (χ4v) is 3.22. The minimum atomic E-state index is -0.171. The van der Waals surface area contributed by atoms with Crippen molar-refractivity contribution in [2.45, 2.75) is 46.6 Å². The Labute approximate surface area is 130 Å². The van der Waals surface area contributed by atoms with Crippen molar-refractivity contribution in [3.05, 3.63) is 11.8 Å². The van der Waals surface area contributed by atoms with Crippen LogP contribution in [0.25, 0.3) is 0 Å². The van der Waals surface area contributed by atoms with Gasteiger partial charge in [0.1, 0.15) is 5.82 Å². The van der Waals surface area contributed by atoms with Gasteiger partial charge in [0.2, 0.25) is 5.91 Å². The van der Waals surface area contributed by atoms with Crippen molar-refractivity contribution in [3.63, 3.8) is 0 Å². The summed E-state index contributed by atoms with van der Waals surface area (Å²) in [7, 11) is 0. The second kappa shape index (κ2) is 5.83. The van der Waals surface area contributed by atoms with Crippen molar-refractivity contribution in [1.29, 1.82) is 0 Å². The number of hydrogen-bond donors (Lipinski definition) is 0. The molecule has 2 rings (SSSR count). The highest BCUT2D eigenvalue weighted by molar-refractivity contribution is 8.13. The molecule has 0 aliphatic carbocycles. The molecule has 21 heavy (non-hydrogen) atoms. The van der Waals surface area contributed by atoms with E-state index in [0.717, 1.165) is 11.5 Å². The molecule has 0 radical (unpaired) electrons. The summed E-state index contributed by atoms with van der Waals surface area (Å²) in [5, 5.41) is 4.63. The molecule has 1 aliphatic heterocycles. The van der Waals surface area contributed by atoms with Crippen LogP contribution in [0.4, 0.5) is 5.82 Å². The molecule has 0 N–H and O–H groups in total. The third kappa shape index (κ3) is 3.67. The van der Waals surface area contributed by atoms with Crippen LogP contribution >= 0.6 is 11.8 Å². The highest BCUT2D eigenvalue weighted by atomic mass is 32.2. The first kappa shape index (κ1) is 16.1. The van der Waals surface area contributed by atoms with E-state index in [1.165, 1.54) is 11.8 Å². The average Bonchev–Trinajstić information content (AvgIpc) is 2.89. The summed E-state index contributed by atoms with van der Waals surface area (Å²) in [5.74, 6) is 1.92. The summed E-state index contributed by atoms with van der Waals surface area (Å²) >= 11 is 1.30. The molecule has 0 aromatic carbocycles.